The molecule has 8 heteroatoms. The number of fused-ring (bicyclic) bond motifs is 1. The summed E-state index contributed by atoms with van der Waals surface area (Å²) in [7, 11) is 0. The van der Waals surface area contributed by atoms with E-state index < -0.39 is 23.7 Å². The molecule has 1 amide bonds. The molecular weight excluding hydrogens is 472 g/mol. The number of carbonyl (C=O) groups is 3. The van der Waals surface area contributed by atoms with Gasteiger partial charge < -0.3 is 14.6 Å². The van der Waals surface area contributed by atoms with Crippen LogP contribution in [-0.2, 0) is 20.7 Å². The van der Waals surface area contributed by atoms with Crippen molar-refractivity contribution in [3.63, 3.8) is 0 Å². The van der Waals surface area contributed by atoms with Crippen molar-refractivity contribution in [1.82, 2.24) is 4.98 Å². The highest BCUT2D eigenvalue weighted by molar-refractivity contribution is 6.51. The molecule has 0 radical (unpaired) electrons. The molecule has 0 saturated carbocycles. The Balaban J connectivity index is 1.59. The summed E-state index contributed by atoms with van der Waals surface area (Å²) < 4.78 is 11.0. The van der Waals surface area contributed by atoms with Crippen molar-refractivity contribution >= 4 is 29.1 Å². The van der Waals surface area contributed by atoms with Gasteiger partial charge in [0.1, 0.15) is 17.6 Å². The van der Waals surface area contributed by atoms with Gasteiger partial charge in [-0.3, -0.25) is 19.5 Å². The minimum absolute atomic E-state index is 0.0224. The molecule has 8 nitrogen and oxygen atoms in total. The van der Waals surface area contributed by atoms with E-state index >= 15 is 0 Å². The third kappa shape index (κ3) is 4.46. The monoisotopic (exact) mass is 498 g/mol. The lowest BCUT2D eigenvalue weighted by molar-refractivity contribution is -0.132. The number of carbonyl (C=O) groups excluding carboxylic acids is 3. The number of rotatable bonds is 5. The van der Waals surface area contributed by atoms with E-state index in [-0.39, 0.29) is 23.5 Å². The number of Topliss-reactive ketones (excluding diaryl/α,β-unsaturated/α-hetero) is 1. The van der Waals surface area contributed by atoms with Gasteiger partial charge in [-0.15, -0.1) is 0 Å². The van der Waals surface area contributed by atoms with Crippen LogP contribution in [-0.4, -0.2) is 40.0 Å². The summed E-state index contributed by atoms with van der Waals surface area (Å²) in [6, 6.07) is 14.0. The lowest BCUT2D eigenvalue weighted by atomic mass is 9.95. The Hall–Kier alpha value is -4.46. The van der Waals surface area contributed by atoms with Crippen molar-refractivity contribution in [2.45, 2.75) is 45.4 Å². The fourth-order valence-electron chi connectivity index (χ4n) is 4.72. The molecule has 5 rings (SSSR count). The highest BCUT2D eigenvalue weighted by Crippen LogP contribution is 2.42. The Morgan fingerprint density at radius 1 is 1.11 bits per heavy atom. The quantitative estimate of drug-likeness (QED) is 0.237. The molecule has 0 bridgehead atoms. The third-order valence-corrected chi connectivity index (χ3v) is 6.34. The van der Waals surface area contributed by atoms with Crippen LogP contribution in [0.3, 0.4) is 0 Å². The van der Waals surface area contributed by atoms with Gasteiger partial charge in [0.15, 0.2) is 0 Å². The number of benzene rings is 2. The molecule has 1 N–H and O–H groups in total. The number of pyridine rings is 1. The molecule has 2 aromatic carbocycles. The van der Waals surface area contributed by atoms with Crippen molar-refractivity contribution in [2.75, 3.05) is 4.90 Å². The molecule has 2 atom stereocenters. The number of anilines is 1. The van der Waals surface area contributed by atoms with Crippen LogP contribution in [0, 0.1) is 0 Å². The topological polar surface area (TPSA) is 106 Å². The number of nitrogens with zero attached hydrogens (tertiary/aromatic N) is 2. The summed E-state index contributed by atoms with van der Waals surface area (Å²) in [6.07, 6.45) is 3.58. The number of aliphatic hydroxyl groups excluding tert-OH is 1. The van der Waals surface area contributed by atoms with Crippen LogP contribution in [0.5, 0.6) is 5.75 Å². The number of hydrogen-bond acceptors (Lipinski definition) is 7. The second-order valence-electron chi connectivity index (χ2n) is 9.41. The number of esters is 1. The van der Waals surface area contributed by atoms with E-state index in [1.807, 2.05) is 6.92 Å². The molecule has 1 aromatic heterocycles. The molecule has 37 heavy (non-hydrogen) atoms. The van der Waals surface area contributed by atoms with E-state index in [0.29, 0.717) is 28.8 Å². The van der Waals surface area contributed by atoms with Gasteiger partial charge in [0.05, 0.1) is 23.3 Å². The Labute approximate surface area is 214 Å². The second kappa shape index (κ2) is 9.54. The average Bonchev–Trinajstić information content (AvgIpc) is 3.39. The van der Waals surface area contributed by atoms with Crippen LogP contribution in [0.15, 0.2) is 72.6 Å². The van der Waals surface area contributed by atoms with E-state index in [0.717, 1.165) is 11.3 Å². The highest BCUT2D eigenvalue weighted by Gasteiger charge is 2.47. The number of ether oxygens (including phenoxy) is 2. The summed E-state index contributed by atoms with van der Waals surface area (Å²) in [6.45, 7) is 5.48. The fourth-order valence-corrected chi connectivity index (χ4v) is 4.72. The smallest absolute Gasteiger partial charge is 0.338 e. The normalized spacial score (nSPS) is 20.2. The molecule has 3 aromatic rings. The standard InChI is InChI=1S/C29H26N2O6/c1-16(2)36-29(35)18-6-9-22(10-7-18)31-25(20-5-4-12-30-15-20)24(27(33)28(31)34)26(32)19-8-11-23-21(14-19)13-17(3)37-23/h4-12,14-17,25,32H,13H2,1-3H3/b26-24-. The Morgan fingerprint density at radius 3 is 2.51 bits per heavy atom. The number of hydrogen-bond donors (Lipinski definition) is 1. The minimum atomic E-state index is -0.911. The molecule has 0 aliphatic carbocycles. The summed E-state index contributed by atoms with van der Waals surface area (Å²) in [5.74, 6) is -1.60. The van der Waals surface area contributed by atoms with Gasteiger partial charge in [-0.05, 0) is 80.4 Å². The van der Waals surface area contributed by atoms with Gasteiger partial charge in [-0.25, -0.2) is 4.79 Å². The summed E-state index contributed by atoms with van der Waals surface area (Å²) in [5.41, 5.74) is 2.59. The van der Waals surface area contributed by atoms with Crippen LogP contribution in [0.2, 0.25) is 0 Å². The summed E-state index contributed by atoms with van der Waals surface area (Å²) >= 11 is 0. The second-order valence-corrected chi connectivity index (χ2v) is 9.41. The van der Waals surface area contributed by atoms with Crippen LogP contribution in [0.4, 0.5) is 5.69 Å². The van der Waals surface area contributed by atoms with E-state index in [4.69, 9.17) is 9.47 Å². The number of aliphatic hydroxyl groups is 1. The molecule has 0 spiro atoms. The lowest BCUT2D eigenvalue weighted by Gasteiger charge is -2.25. The van der Waals surface area contributed by atoms with Crippen molar-refractivity contribution in [2.24, 2.45) is 0 Å². The van der Waals surface area contributed by atoms with Crippen molar-refractivity contribution in [3.8, 4) is 5.75 Å². The van der Waals surface area contributed by atoms with E-state index in [9.17, 15) is 19.5 Å². The minimum Gasteiger partial charge on any atom is -0.507 e. The number of ketones is 1. The number of aromatic nitrogens is 1. The van der Waals surface area contributed by atoms with Crippen molar-refractivity contribution in [1.29, 1.82) is 0 Å². The van der Waals surface area contributed by atoms with Gasteiger partial charge in [0.2, 0.25) is 0 Å². The average molecular weight is 499 g/mol. The predicted molar refractivity (Wildman–Crippen MR) is 136 cm³/mol. The summed E-state index contributed by atoms with van der Waals surface area (Å²) in [4.78, 5) is 44.4. The largest absolute Gasteiger partial charge is 0.507 e. The zero-order valence-corrected chi connectivity index (χ0v) is 20.7. The van der Waals surface area contributed by atoms with E-state index in [2.05, 4.69) is 4.98 Å². The maximum absolute atomic E-state index is 13.3. The first-order valence-corrected chi connectivity index (χ1v) is 12.1. The molecule has 2 aliphatic heterocycles. The van der Waals surface area contributed by atoms with Gasteiger partial charge in [0, 0.05) is 30.1 Å². The van der Waals surface area contributed by atoms with Crippen LogP contribution in [0.1, 0.15) is 53.9 Å². The van der Waals surface area contributed by atoms with E-state index in [1.54, 1.807) is 80.8 Å². The van der Waals surface area contributed by atoms with Crippen molar-refractivity contribution in [3.05, 3.63) is 94.8 Å². The van der Waals surface area contributed by atoms with E-state index in [1.165, 1.54) is 4.90 Å². The lowest BCUT2D eigenvalue weighted by Crippen LogP contribution is -2.29. The first-order chi connectivity index (χ1) is 17.7. The first-order valence-electron chi connectivity index (χ1n) is 12.1. The van der Waals surface area contributed by atoms with Gasteiger partial charge >= 0.3 is 5.97 Å². The molecule has 1 saturated heterocycles. The predicted octanol–water partition coefficient (Wildman–Crippen LogP) is 4.60. The Bertz CT molecular complexity index is 1410. The molecule has 1 fully saturated rings. The number of amides is 1. The summed E-state index contributed by atoms with van der Waals surface area (Å²) in [5, 5.41) is 11.4. The third-order valence-electron chi connectivity index (χ3n) is 6.34. The zero-order chi connectivity index (χ0) is 26.3. The molecule has 2 unspecified atom stereocenters. The molecule has 188 valence electrons. The van der Waals surface area contributed by atoms with Crippen LogP contribution < -0.4 is 9.64 Å². The van der Waals surface area contributed by atoms with Gasteiger partial charge in [0.25, 0.3) is 11.7 Å². The Morgan fingerprint density at radius 2 is 1.84 bits per heavy atom. The maximum Gasteiger partial charge on any atom is 0.338 e. The molecular formula is C29H26N2O6. The van der Waals surface area contributed by atoms with Crippen LogP contribution in [0.25, 0.3) is 5.76 Å². The maximum atomic E-state index is 13.3. The van der Waals surface area contributed by atoms with Gasteiger partial charge in [-0.2, -0.15) is 0 Å². The zero-order valence-electron chi connectivity index (χ0n) is 20.7. The fraction of sp³-hybridized carbons (Fsp3) is 0.241. The molecule has 3 heterocycles. The first kappa shape index (κ1) is 24.2. The van der Waals surface area contributed by atoms with Gasteiger partial charge in [-0.1, -0.05) is 6.07 Å². The van der Waals surface area contributed by atoms with Crippen LogP contribution >= 0.6 is 0 Å². The van der Waals surface area contributed by atoms with Crippen molar-refractivity contribution < 1.29 is 29.0 Å². The highest BCUT2D eigenvalue weighted by atomic mass is 16.5. The Kier molecular flexibility index (Phi) is 6.25. The molecule has 2 aliphatic rings. The SMILES string of the molecule is CC(C)OC(=O)c1ccc(N2C(=O)C(=O)/C(=C(\O)c3ccc4c(c3)CC(C)O4)C2c2cccnc2)cc1.